The number of rotatable bonds is 3. The molecule has 1 N–H and O–H groups in total. The van der Waals surface area contributed by atoms with Crippen LogP contribution in [0.5, 0.6) is 11.6 Å². The van der Waals surface area contributed by atoms with Gasteiger partial charge in [-0.05, 0) is 22.0 Å². The monoisotopic (exact) mass is 331 g/mol. The number of halogens is 3. The highest BCUT2D eigenvalue weighted by molar-refractivity contribution is 9.10. The summed E-state index contributed by atoms with van der Waals surface area (Å²) in [6.45, 7) is 0. The largest absolute Gasteiger partial charge is 0.438 e. The van der Waals surface area contributed by atoms with Crippen LogP contribution < -0.4 is 10.1 Å². The Morgan fingerprint density at radius 3 is 2.94 bits per heavy atom. The van der Waals surface area contributed by atoms with E-state index in [1.807, 2.05) is 0 Å². The number of hydrogen-bond acceptors (Lipinski definition) is 4. The van der Waals surface area contributed by atoms with Crippen LogP contribution in [0.25, 0.3) is 0 Å². The standard InChI is InChI=1S/C11H8BrClFN3O/c1-15-11-16-3-2-10(17-11)18-9-5-8(14)7(13)4-6(9)12/h2-5H,1H3,(H,15,16,17). The molecule has 7 heteroatoms. The summed E-state index contributed by atoms with van der Waals surface area (Å²) in [5.74, 6) is 0.449. The van der Waals surface area contributed by atoms with Crippen molar-refractivity contribution in [3.63, 3.8) is 0 Å². The lowest BCUT2D eigenvalue weighted by Gasteiger charge is -2.08. The van der Waals surface area contributed by atoms with Crippen LogP contribution in [0, 0.1) is 5.82 Å². The molecule has 0 fully saturated rings. The molecule has 0 spiro atoms. The van der Waals surface area contributed by atoms with Crippen molar-refractivity contribution in [2.24, 2.45) is 0 Å². The average Bonchev–Trinajstić information content (AvgIpc) is 2.36. The lowest BCUT2D eigenvalue weighted by Crippen LogP contribution is -1.97. The maximum Gasteiger partial charge on any atom is 0.225 e. The molecule has 0 bridgehead atoms. The van der Waals surface area contributed by atoms with E-state index in [4.69, 9.17) is 16.3 Å². The maximum atomic E-state index is 13.3. The molecule has 0 saturated carbocycles. The van der Waals surface area contributed by atoms with Gasteiger partial charge in [0.2, 0.25) is 11.8 Å². The molecule has 4 nitrogen and oxygen atoms in total. The Balaban J connectivity index is 2.30. The fraction of sp³-hybridized carbons (Fsp3) is 0.0909. The molecule has 0 unspecified atom stereocenters. The van der Waals surface area contributed by atoms with E-state index in [1.54, 1.807) is 13.1 Å². The van der Waals surface area contributed by atoms with E-state index in [-0.39, 0.29) is 10.8 Å². The summed E-state index contributed by atoms with van der Waals surface area (Å²) in [6, 6.07) is 4.18. The first-order valence-electron chi connectivity index (χ1n) is 4.93. The predicted octanol–water partition coefficient (Wildman–Crippen LogP) is 3.87. The van der Waals surface area contributed by atoms with Crippen LogP contribution >= 0.6 is 27.5 Å². The van der Waals surface area contributed by atoms with Crippen molar-refractivity contribution in [3.8, 4) is 11.6 Å². The Kier molecular flexibility index (Phi) is 3.98. The van der Waals surface area contributed by atoms with Gasteiger partial charge >= 0.3 is 0 Å². The Labute approximate surface area is 116 Å². The summed E-state index contributed by atoms with van der Waals surface area (Å²) in [5, 5.41) is 2.80. The van der Waals surface area contributed by atoms with Crippen molar-refractivity contribution < 1.29 is 9.13 Å². The Bertz CT molecular complexity index is 582. The number of ether oxygens (including phenoxy) is 1. The molecule has 18 heavy (non-hydrogen) atoms. The van der Waals surface area contributed by atoms with Crippen molar-refractivity contribution in [1.29, 1.82) is 0 Å². The average molecular weight is 333 g/mol. The number of benzene rings is 1. The zero-order valence-corrected chi connectivity index (χ0v) is 11.6. The topological polar surface area (TPSA) is 47.0 Å². The van der Waals surface area contributed by atoms with Gasteiger partial charge in [-0.2, -0.15) is 4.98 Å². The fourth-order valence-electron chi connectivity index (χ4n) is 1.21. The van der Waals surface area contributed by atoms with Gasteiger partial charge in [0, 0.05) is 25.4 Å². The van der Waals surface area contributed by atoms with Gasteiger partial charge in [0.25, 0.3) is 0 Å². The number of nitrogens with one attached hydrogen (secondary N) is 1. The minimum atomic E-state index is -0.558. The molecule has 0 atom stereocenters. The van der Waals surface area contributed by atoms with E-state index in [0.717, 1.165) is 0 Å². The van der Waals surface area contributed by atoms with Gasteiger partial charge in [0.15, 0.2) is 0 Å². The fourth-order valence-corrected chi connectivity index (χ4v) is 1.93. The quantitative estimate of drug-likeness (QED) is 0.867. The molecule has 0 amide bonds. The van der Waals surface area contributed by atoms with E-state index < -0.39 is 5.82 Å². The second kappa shape index (κ2) is 5.49. The Morgan fingerprint density at radius 2 is 2.22 bits per heavy atom. The summed E-state index contributed by atoms with van der Waals surface area (Å²) in [7, 11) is 1.69. The summed E-state index contributed by atoms with van der Waals surface area (Å²) < 4.78 is 19.3. The van der Waals surface area contributed by atoms with Crippen LogP contribution in [-0.4, -0.2) is 17.0 Å². The summed E-state index contributed by atoms with van der Waals surface area (Å²) in [4.78, 5) is 8.00. The molecule has 2 rings (SSSR count). The molecule has 0 radical (unpaired) electrons. The van der Waals surface area contributed by atoms with E-state index in [9.17, 15) is 4.39 Å². The molecule has 0 aliphatic heterocycles. The molecule has 0 saturated heterocycles. The van der Waals surface area contributed by atoms with Gasteiger partial charge < -0.3 is 10.1 Å². The second-order valence-corrected chi connectivity index (χ2v) is 4.53. The van der Waals surface area contributed by atoms with Crippen molar-refractivity contribution in [2.75, 3.05) is 12.4 Å². The zero-order chi connectivity index (χ0) is 13.1. The first-order chi connectivity index (χ1) is 8.60. The van der Waals surface area contributed by atoms with Crippen LogP contribution in [-0.2, 0) is 0 Å². The van der Waals surface area contributed by atoms with Gasteiger partial charge in [-0.1, -0.05) is 11.6 Å². The van der Waals surface area contributed by atoms with Crippen LogP contribution in [0.4, 0.5) is 10.3 Å². The number of hydrogen-bond donors (Lipinski definition) is 1. The highest BCUT2D eigenvalue weighted by Gasteiger charge is 2.09. The smallest absolute Gasteiger partial charge is 0.225 e. The van der Waals surface area contributed by atoms with E-state index in [1.165, 1.54) is 18.3 Å². The Hall–Kier alpha value is -1.40. The van der Waals surface area contributed by atoms with Crippen molar-refractivity contribution in [2.45, 2.75) is 0 Å². The van der Waals surface area contributed by atoms with Gasteiger partial charge in [-0.3, -0.25) is 0 Å². The minimum Gasteiger partial charge on any atom is -0.438 e. The molecule has 94 valence electrons. The van der Waals surface area contributed by atoms with E-state index in [2.05, 4.69) is 31.2 Å². The maximum absolute atomic E-state index is 13.3. The summed E-state index contributed by atoms with van der Waals surface area (Å²) in [6.07, 6.45) is 1.54. The number of aromatic nitrogens is 2. The van der Waals surface area contributed by atoms with E-state index >= 15 is 0 Å². The third-order valence-corrected chi connectivity index (χ3v) is 2.95. The molecule has 2 aromatic rings. The highest BCUT2D eigenvalue weighted by Crippen LogP contribution is 2.33. The SMILES string of the molecule is CNc1nccc(Oc2cc(F)c(Cl)cc2Br)n1. The van der Waals surface area contributed by atoms with Gasteiger partial charge in [-0.15, -0.1) is 0 Å². The molecule has 0 aliphatic rings. The third kappa shape index (κ3) is 2.88. The molecular formula is C11H8BrClFN3O. The zero-order valence-electron chi connectivity index (χ0n) is 9.25. The van der Waals surface area contributed by atoms with Crippen molar-refractivity contribution in [3.05, 3.63) is 39.7 Å². The molecule has 1 heterocycles. The Morgan fingerprint density at radius 1 is 1.44 bits per heavy atom. The van der Waals surface area contributed by atoms with Crippen LogP contribution in [0.15, 0.2) is 28.9 Å². The normalized spacial score (nSPS) is 10.2. The molecular weight excluding hydrogens is 324 g/mol. The highest BCUT2D eigenvalue weighted by atomic mass is 79.9. The van der Waals surface area contributed by atoms with Gasteiger partial charge in [0.1, 0.15) is 11.6 Å². The van der Waals surface area contributed by atoms with E-state index in [0.29, 0.717) is 16.3 Å². The minimum absolute atomic E-state index is 0.0211. The molecule has 1 aromatic heterocycles. The van der Waals surface area contributed by atoms with Gasteiger partial charge in [0.05, 0.1) is 9.50 Å². The lowest BCUT2D eigenvalue weighted by atomic mass is 10.3. The molecule has 1 aromatic carbocycles. The second-order valence-electron chi connectivity index (χ2n) is 3.27. The first-order valence-corrected chi connectivity index (χ1v) is 6.10. The van der Waals surface area contributed by atoms with Crippen molar-refractivity contribution >= 4 is 33.5 Å². The summed E-state index contributed by atoms with van der Waals surface area (Å²) >= 11 is 8.88. The lowest BCUT2D eigenvalue weighted by molar-refractivity contribution is 0.455. The van der Waals surface area contributed by atoms with Crippen molar-refractivity contribution in [1.82, 2.24) is 9.97 Å². The summed E-state index contributed by atoms with van der Waals surface area (Å²) in [5.41, 5.74) is 0. The van der Waals surface area contributed by atoms with Crippen LogP contribution in [0.3, 0.4) is 0 Å². The first kappa shape index (κ1) is 13.0. The van der Waals surface area contributed by atoms with Crippen LogP contribution in [0.1, 0.15) is 0 Å². The van der Waals surface area contributed by atoms with Crippen LogP contribution in [0.2, 0.25) is 5.02 Å². The predicted molar refractivity (Wildman–Crippen MR) is 70.8 cm³/mol. The van der Waals surface area contributed by atoms with Gasteiger partial charge in [-0.25, -0.2) is 9.37 Å². The number of nitrogens with zero attached hydrogens (tertiary/aromatic N) is 2. The third-order valence-electron chi connectivity index (χ3n) is 2.04. The number of anilines is 1. The molecule has 0 aliphatic carbocycles.